The van der Waals surface area contributed by atoms with E-state index in [1.165, 1.54) is 12.1 Å². The van der Waals surface area contributed by atoms with Crippen molar-refractivity contribution in [1.29, 1.82) is 0 Å². The molecule has 0 aliphatic heterocycles. The molecular weight excluding hydrogens is 538 g/mol. The van der Waals surface area contributed by atoms with Crippen molar-refractivity contribution in [1.82, 2.24) is 10.0 Å². The van der Waals surface area contributed by atoms with Crippen LogP contribution < -0.4 is 20.1 Å². The topological polar surface area (TPSA) is 96.5 Å². The summed E-state index contributed by atoms with van der Waals surface area (Å²) in [6, 6.07) is 11.2. The lowest BCUT2D eigenvalue weighted by Gasteiger charge is -2.14. The van der Waals surface area contributed by atoms with Gasteiger partial charge in [-0.15, -0.1) is 0 Å². The second-order valence-electron chi connectivity index (χ2n) is 7.91. The van der Waals surface area contributed by atoms with Crippen molar-refractivity contribution >= 4 is 54.9 Å². The molecule has 1 amide bonds. The molecule has 0 saturated carbocycles. The molecule has 2 aromatic carbocycles. The van der Waals surface area contributed by atoms with Crippen molar-refractivity contribution in [3.63, 3.8) is 0 Å². The normalized spacial score (nSPS) is 12.1. The van der Waals surface area contributed by atoms with Crippen LogP contribution in [0.4, 0.5) is 5.69 Å². The highest BCUT2D eigenvalue weighted by atomic mass is 79.9. The number of amides is 1. The number of thiocarbonyl (C=S) groups is 1. The first kappa shape index (κ1) is 28.2. The van der Waals surface area contributed by atoms with Gasteiger partial charge < -0.3 is 10.1 Å². The predicted molar refractivity (Wildman–Crippen MR) is 144 cm³/mol. The zero-order valence-electron chi connectivity index (χ0n) is 19.7. The number of carbonyl (C=O) groups excluding carboxylic acids is 1. The lowest BCUT2D eigenvalue weighted by molar-refractivity contribution is 0.0973. The molecule has 0 radical (unpaired) electrons. The molecule has 10 heteroatoms. The second kappa shape index (κ2) is 13.8. The largest absolute Gasteiger partial charge is 0.493 e. The van der Waals surface area contributed by atoms with Gasteiger partial charge in [-0.2, -0.15) is 0 Å². The van der Waals surface area contributed by atoms with E-state index in [9.17, 15) is 13.2 Å². The fraction of sp³-hybridized carbons (Fsp3) is 0.417. The van der Waals surface area contributed by atoms with Gasteiger partial charge >= 0.3 is 0 Å². The maximum Gasteiger partial charge on any atom is 0.261 e. The lowest BCUT2D eigenvalue weighted by Crippen LogP contribution is -2.34. The Morgan fingerprint density at radius 2 is 1.79 bits per heavy atom. The third kappa shape index (κ3) is 8.98. The monoisotopic (exact) mass is 569 g/mol. The van der Waals surface area contributed by atoms with Crippen LogP contribution in [0.5, 0.6) is 5.75 Å². The minimum Gasteiger partial charge on any atom is -0.493 e. The van der Waals surface area contributed by atoms with E-state index in [1.807, 2.05) is 19.9 Å². The van der Waals surface area contributed by atoms with Crippen LogP contribution in [-0.4, -0.2) is 32.1 Å². The van der Waals surface area contributed by atoms with Crippen LogP contribution in [0.1, 0.15) is 63.2 Å². The molecule has 186 valence electrons. The summed E-state index contributed by atoms with van der Waals surface area (Å²) in [4.78, 5) is 13.0. The summed E-state index contributed by atoms with van der Waals surface area (Å²) in [6.07, 6.45) is 4.98. The SMILES string of the molecule is CCCCCCOc1ccc(Br)cc1C(=O)NC(=S)Nc1ccc(S(=O)(=O)NC(C)CC)cc1. The van der Waals surface area contributed by atoms with Crippen molar-refractivity contribution < 1.29 is 17.9 Å². The van der Waals surface area contributed by atoms with Gasteiger partial charge in [-0.1, -0.05) is 49.0 Å². The van der Waals surface area contributed by atoms with Gasteiger partial charge in [-0.3, -0.25) is 10.1 Å². The lowest BCUT2D eigenvalue weighted by atomic mass is 10.2. The fourth-order valence-electron chi connectivity index (χ4n) is 2.98. The molecule has 0 spiro atoms. The van der Waals surface area contributed by atoms with Crippen LogP contribution in [0.25, 0.3) is 0 Å². The van der Waals surface area contributed by atoms with Gasteiger partial charge in [-0.25, -0.2) is 13.1 Å². The van der Waals surface area contributed by atoms with E-state index in [1.54, 1.807) is 24.3 Å². The number of carbonyl (C=O) groups is 1. The molecule has 0 aliphatic rings. The zero-order chi connectivity index (χ0) is 25.1. The van der Waals surface area contributed by atoms with E-state index in [0.29, 0.717) is 30.0 Å². The Morgan fingerprint density at radius 3 is 2.44 bits per heavy atom. The molecule has 0 aromatic heterocycles. The first-order chi connectivity index (χ1) is 16.2. The van der Waals surface area contributed by atoms with E-state index >= 15 is 0 Å². The van der Waals surface area contributed by atoms with Gasteiger partial charge in [-0.05, 0) is 74.4 Å². The van der Waals surface area contributed by atoms with Crippen LogP contribution in [0.2, 0.25) is 0 Å². The van der Waals surface area contributed by atoms with Gasteiger partial charge in [0.15, 0.2) is 5.11 Å². The third-order valence-corrected chi connectivity index (χ3v) is 7.36. The summed E-state index contributed by atoms with van der Waals surface area (Å²) in [5.41, 5.74) is 0.918. The van der Waals surface area contributed by atoms with Gasteiger partial charge in [0.05, 0.1) is 17.1 Å². The number of hydrogen-bond donors (Lipinski definition) is 3. The van der Waals surface area contributed by atoms with Crippen molar-refractivity contribution in [3.05, 3.63) is 52.5 Å². The minimum absolute atomic E-state index is 0.0900. The van der Waals surface area contributed by atoms with Gasteiger partial charge in [0, 0.05) is 16.2 Å². The molecule has 0 aliphatic carbocycles. The Hall–Kier alpha value is -2.01. The molecule has 1 atom stereocenters. The summed E-state index contributed by atoms with van der Waals surface area (Å²) in [5, 5.41) is 5.65. The number of hydrogen-bond acceptors (Lipinski definition) is 5. The second-order valence-corrected chi connectivity index (χ2v) is 11.0. The Balaban J connectivity index is 2.00. The third-order valence-electron chi connectivity index (χ3n) is 5.06. The van der Waals surface area contributed by atoms with Crippen molar-refractivity contribution in [3.8, 4) is 5.75 Å². The molecule has 0 fully saturated rings. The van der Waals surface area contributed by atoms with Crippen molar-refractivity contribution in [2.75, 3.05) is 11.9 Å². The number of ether oxygens (including phenoxy) is 1. The first-order valence-electron chi connectivity index (χ1n) is 11.3. The van der Waals surface area contributed by atoms with E-state index in [0.717, 1.165) is 30.2 Å². The predicted octanol–water partition coefficient (Wildman–Crippen LogP) is 5.61. The number of sulfonamides is 1. The molecule has 34 heavy (non-hydrogen) atoms. The number of halogens is 1. The highest BCUT2D eigenvalue weighted by molar-refractivity contribution is 9.10. The Labute approximate surface area is 216 Å². The van der Waals surface area contributed by atoms with Crippen LogP contribution >= 0.6 is 28.1 Å². The molecule has 7 nitrogen and oxygen atoms in total. The Bertz CT molecular complexity index is 1080. The summed E-state index contributed by atoms with van der Waals surface area (Å²) in [6.45, 7) is 6.40. The fourth-order valence-corrected chi connectivity index (χ4v) is 4.88. The highest BCUT2D eigenvalue weighted by Gasteiger charge is 2.17. The van der Waals surface area contributed by atoms with Crippen molar-refractivity contribution in [2.24, 2.45) is 0 Å². The van der Waals surface area contributed by atoms with Gasteiger partial charge in [0.2, 0.25) is 10.0 Å². The average Bonchev–Trinajstić information content (AvgIpc) is 2.79. The average molecular weight is 571 g/mol. The molecule has 3 N–H and O–H groups in total. The number of rotatable bonds is 12. The van der Waals surface area contributed by atoms with E-state index in [4.69, 9.17) is 17.0 Å². The summed E-state index contributed by atoms with van der Waals surface area (Å²) in [7, 11) is -3.59. The quantitative estimate of drug-likeness (QED) is 0.227. The van der Waals surface area contributed by atoms with Crippen molar-refractivity contribution in [2.45, 2.75) is 63.8 Å². The van der Waals surface area contributed by atoms with Gasteiger partial charge in [0.25, 0.3) is 5.91 Å². The molecule has 0 saturated heterocycles. The molecular formula is C24H32BrN3O4S2. The Morgan fingerprint density at radius 1 is 1.09 bits per heavy atom. The maximum atomic E-state index is 12.8. The molecule has 0 bridgehead atoms. The summed E-state index contributed by atoms with van der Waals surface area (Å²) >= 11 is 8.67. The Kier molecular flexibility index (Phi) is 11.4. The van der Waals surface area contributed by atoms with E-state index in [2.05, 4.69) is 38.2 Å². The zero-order valence-corrected chi connectivity index (χ0v) is 22.9. The summed E-state index contributed by atoms with van der Waals surface area (Å²) < 4.78 is 34.0. The molecule has 1 unspecified atom stereocenters. The number of nitrogens with one attached hydrogen (secondary N) is 3. The number of benzene rings is 2. The smallest absolute Gasteiger partial charge is 0.261 e. The number of unbranched alkanes of at least 4 members (excludes halogenated alkanes) is 3. The molecule has 2 rings (SSSR count). The molecule has 0 heterocycles. The van der Waals surface area contributed by atoms with E-state index in [-0.39, 0.29) is 16.0 Å². The van der Waals surface area contributed by atoms with E-state index < -0.39 is 15.9 Å². The van der Waals surface area contributed by atoms with Crippen LogP contribution in [0, 0.1) is 0 Å². The minimum atomic E-state index is -3.59. The standard InChI is InChI=1S/C24H32BrN3O4S2/c1-4-6-7-8-15-32-22-14-9-18(25)16-21(22)23(29)27-24(33)26-19-10-12-20(13-11-19)34(30,31)28-17(3)5-2/h9-14,16-17,28H,4-8,15H2,1-3H3,(H2,26,27,29,33). The maximum absolute atomic E-state index is 12.8. The highest BCUT2D eigenvalue weighted by Crippen LogP contribution is 2.24. The first-order valence-corrected chi connectivity index (χ1v) is 14.0. The van der Waals surface area contributed by atoms with Crippen LogP contribution in [0.15, 0.2) is 51.8 Å². The van der Waals surface area contributed by atoms with Crippen LogP contribution in [-0.2, 0) is 10.0 Å². The number of anilines is 1. The van der Waals surface area contributed by atoms with Gasteiger partial charge in [0.1, 0.15) is 5.75 Å². The molecule has 2 aromatic rings. The van der Waals surface area contributed by atoms with Crippen LogP contribution in [0.3, 0.4) is 0 Å². The summed E-state index contributed by atoms with van der Waals surface area (Å²) in [5.74, 6) is 0.0858.